The van der Waals surface area contributed by atoms with Gasteiger partial charge in [-0.2, -0.15) is 0 Å². The molecule has 4 aromatic rings. The van der Waals surface area contributed by atoms with Gasteiger partial charge in [-0.25, -0.2) is 39.9 Å². The Morgan fingerprint density at radius 2 is 0.947 bits per heavy atom. The van der Waals surface area contributed by atoms with Gasteiger partial charge in [0.2, 0.25) is 0 Å². The van der Waals surface area contributed by atoms with Crippen LogP contribution in [0.4, 0.5) is 0 Å². The molecule has 4 heterocycles. The molecule has 0 aliphatic heterocycles. The molecule has 0 amide bonds. The molecule has 200 valence electrons. The standard InChI is InChI=1S/2C15H20N4/c1-4-7-13-17-14(8-5-2)19-15(18-13)12-10-6-9-11(3)16-12;1-4-8-11-9-7-10-12(16-11)15-18-13(5-2)17-14(6-3)19-15/h6,9-10H,4-5,7-8H2,1-3H3;7,9-10H,4-6,8H2,1-3H3. The molecule has 4 rings (SSSR count). The second kappa shape index (κ2) is 14.9. The molecule has 8 nitrogen and oxygen atoms in total. The average molecular weight is 513 g/mol. The van der Waals surface area contributed by atoms with E-state index in [9.17, 15) is 0 Å². The Morgan fingerprint density at radius 1 is 0.474 bits per heavy atom. The fourth-order valence-corrected chi connectivity index (χ4v) is 3.82. The highest BCUT2D eigenvalue weighted by molar-refractivity contribution is 5.49. The molecular weight excluding hydrogens is 472 g/mol. The van der Waals surface area contributed by atoms with Crippen LogP contribution in [-0.2, 0) is 32.1 Å². The van der Waals surface area contributed by atoms with Crippen molar-refractivity contribution in [2.24, 2.45) is 0 Å². The lowest BCUT2D eigenvalue weighted by Crippen LogP contribution is -2.06. The van der Waals surface area contributed by atoms with Gasteiger partial charge in [-0.15, -0.1) is 0 Å². The van der Waals surface area contributed by atoms with E-state index in [2.05, 4.69) is 80.6 Å². The first-order chi connectivity index (χ1) is 18.5. The van der Waals surface area contributed by atoms with Crippen molar-refractivity contribution in [3.63, 3.8) is 0 Å². The molecule has 0 atom stereocenters. The minimum Gasteiger partial charge on any atom is -0.250 e. The maximum Gasteiger partial charge on any atom is 0.181 e. The molecule has 38 heavy (non-hydrogen) atoms. The molecule has 0 fully saturated rings. The van der Waals surface area contributed by atoms with Crippen molar-refractivity contribution in [3.8, 4) is 23.0 Å². The largest absolute Gasteiger partial charge is 0.250 e. The topological polar surface area (TPSA) is 103 Å². The molecular formula is C30H40N8. The van der Waals surface area contributed by atoms with Crippen molar-refractivity contribution < 1.29 is 0 Å². The van der Waals surface area contributed by atoms with Crippen LogP contribution >= 0.6 is 0 Å². The molecule has 0 aromatic carbocycles. The van der Waals surface area contributed by atoms with Crippen molar-refractivity contribution in [2.75, 3.05) is 0 Å². The molecule has 0 radical (unpaired) electrons. The highest BCUT2D eigenvalue weighted by atomic mass is 15.1. The Hall–Kier alpha value is -3.68. The average Bonchev–Trinajstić information content (AvgIpc) is 2.94. The van der Waals surface area contributed by atoms with Gasteiger partial charge in [0.15, 0.2) is 11.6 Å². The smallest absolute Gasteiger partial charge is 0.181 e. The highest BCUT2D eigenvalue weighted by Gasteiger charge is 2.10. The van der Waals surface area contributed by atoms with E-state index in [1.807, 2.05) is 37.3 Å². The summed E-state index contributed by atoms with van der Waals surface area (Å²) in [7, 11) is 0. The SMILES string of the molecule is CCCc1cccc(-c2nc(CC)nc(CC)n2)n1.CCCc1nc(CCC)nc(-c2cccc(C)n2)n1. The summed E-state index contributed by atoms with van der Waals surface area (Å²) in [5.74, 6) is 4.82. The number of rotatable bonds is 10. The third-order valence-electron chi connectivity index (χ3n) is 5.70. The van der Waals surface area contributed by atoms with Gasteiger partial charge < -0.3 is 0 Å². The predicted octanol–water partition coefficient (Wildman–Crippen LogP) is 6.16. The summed E-state index contributed by atoms with van der Waals surface area (Å²) in [4.78, 5) is 36.1. The van der Waals surface area contributed by atoms with Crippen LogP contribution < -0.4 is 0 Å². The summed E-state index contributed by atoms with van der Waals surface area (Å²) >= 11 is 0. The minimum absolute atomic E-state index is 0.696. The van der Waals surface area contributed by atoms with E-state index in [0.29, 0.717) is 11.6 Å². The first-order valence-electron chi connectivity index (χ1n) is 13.9. The van der Waals surface area contributed by atoms with Gasteiger partial charge in [0.05, 0.1) is 0 Å². The van der Waals surface area contributed by atoms with E-state index in [4.69, 9.17) is 0 Å². The van der Waals surface area contributed by atoms with E-state index in [-0.39, 0.29) is 0 Å². The summed E-state index contributed by atoms with van der Waals surface area (Å²) in [5, 5.41) is 0. The normalized spacial score (nSPS) is 10.7. The Kier molecular flexibility index (Phi) is 11.3. The van der Waals surface area contributed by atoms with Crippen LogP contribution in [0.25, 0.3) is 23.0 Å². The van der Waals surface area contributed by atoms with E-state index in [0.717, 1.165) is 97.4 Å². The lowest BCUT2D eigenvalue weighted by Gasteiger charge is -2.06. The van der Waals surface area contributed by atoms with Crippen LogP contribution in [0.2, 0.25) is 0 Å². The van der Waals surface area contributed by atoms with Gasteiger partial charge in [-0.3, -0.25) is 0 Å². The zero-order valence-electron chi connectivity index (χ0n) is 23.7. The molecule has 0 spiro atoms. The zero-order valence-corrected chi connectivity index (χ0v) is 23.7. The van der Waals surface area contributed by atoms with Gasteiger partial charge in [0.25, 0.3) is 0 Å². The monoisotopic (exact) mass is 512 g/mol. The van der Waals surface area contributed by atoms with Crippen molar-refractivity contribution in [1.82, 2.24) is 39.9 Å². The van der Waals surface area contributed by atoms with E-state index in [1.165, 1.54) is 0 Å². The maximum absolute atomic E-state index is 4.63. The fourth-order valence-electron chi connectivity index (χ4n) is 3.82. The van der Waals surface area contributed by atoms with E-state index >= 15 is 0 Å². The number of nitrogens with zero attached hydrogens (tertiary/aromatic N) is 8. The van der Waals surface area contributed by atoms with Crippen LogP contribution in [0.1, 0.15) is 88.6 Å². The second-order valence-electron chi connectivity index (χ2n) is 9.12. The van der Waals surface area contributed by atoms with Gasteiger partial charge in [0, 0.05) is 37.1 Å². The Bertz CT molecular complexity index is 1260. The van der Waals surface area contributed by atoms with Crippen LogP contribution in [-0.4, -0.2) is 39.9 Å². The van der Waals surface area contributed by atoms with Crippen molar-refractivity contribution in [3.05, 3.63) is 71.1 Å². The lowest BCUT2D eigenvalue weighted by molar-refractivity contribution is 0.756. The molecule has 0 aliphatic rings. The van der Waals surface area contributed by atoms with E-state index < -0.39 is 0 Å². The van der Waals surface area contributed by atoms with Gasteiger partial charge in [0.1, 0.15) is 34.7 Å². The summed E-state index contributed by atoms with van der Waals surface area (Å²) in [5.41, 5.74) is 3.75. The van der Waals surface area contributed by atoms with E-state index in [1.54, 1.807) is 0 Å². The minimum atomic E-state index is 0.696. The molecule has 0 saturated carbocycles. The summed E-state index contributed by atoms with van der Waals surface area (Å²) in [6.07, 6.45) is 7.56. The molecule has 0 saturated heterocycles. The Labute approximate surface area is 226 Å². The van der Waals surface area contributed by atoms with Crippen LogP contribution in [0.5, 0.6) is 0 Å². The molecule has 0 N–H and O–H groups in total. The molecule has 0 unspecified atom stereocenters. The summed E-state index contributed by atoms with van der Waals surface area (Å²) in [6.45, 7) is 12.5. The number of aryl methyl sites for hydroxylation is 6. The quantitative estimate of drug-likeness (QED) is 0.249. The van der Waals surface area contributed by atoms with Gasteiger partial charge >= 0.3 is 0 Å². The maximum atomic E-state index is 4.63. The fraction of sp³-hybridized carbons (Fsp3) is 0.467. The molecule has 8 heteroatoms. The third-order valence-corrected chi connectivity index (χ3v) is 5.70. The third kappa shape index (κ3) is 8.43. The Balaban J connectivity index is 0.000000211. The van der Waals surface area contributed by atoms with Crippen molar-refractivity contribution >= 4 is 0 Å². The van der Waals surface area contributed by atoms with Crippen molar-refractivity contribution in [1.29, 1.82) is 0 Å². The summed E-state index contributed by atoms with van der Waals surface area (Å²) < 4.78 is 0. The second-order valence-corrected chi connectivity index (χ2v) is 9.12. The highest BCUT2D eigenvalue weighted by Crippen LogP contribution is 2.15. The zero-order chi connectivity index (χ0) is 27.3. The van der Waals surface area contributed by atoms with Crippen LogP contribution in [0.3, 0.4) is 0 Å². The van der Waals surface area contributed by atoms with Crippen molar-refractivity contribution in [2.45, 2.75) is 92.9 Å². The molecule has 0 bridgehead atoms. The van der Waals surface area contributed by atoms with Gasteiger partial charge in [-0.1, -0.05) is 53.2 Å². The number of aromatic nitrogens is 8. The Morgan fingerprint density at radius 3 is 1.45 bits per heavy atom. The lowest BCUT2D eigenvalue weighted by atomic mass is 10.2. The number of pyridine rings is 2. The van der Waals surface area contributed by atoms with Gasteiger partial charge in [-0.05, 0) is 50.5 Å². The first kappa shape index (κ1) is 28.9. The molecule has 4 aromatic heterocycles. The number of hydrogen-bond donors (Lipinski definition) is 0. The number of hydrogen-bond acceptors (Lipinski definition) is 8. The van der Waals surface area contributed by atoms with Crippen LogP contribution in [0.15, 0.2) is 36.4 Å². The first-order valence-corrected chi connectivity index (χ1v) is 13.9. The molecule has 0 aliphatic carbocycles. The van der Waals surface area contributed by atoms with Crippen LogP contribution in [0, 0.1) is 6.92 Å². The summed E-state index contributed by atoms with van der Waals surface area (Å²) in [6, 6.07) is 12.0. The predicted molar refractivity (Wildman–Crippen MR) is 152 cm³/mol.